The minimum absolute atomic E-state index is 0.522. The normalized spacial score (nSPS) is 24.5. The van der Waals surface area contributed by atoms with Gasteiger partial charge in [-0.2, -0.15) is 5.10 Å². The molecule has 3 atom stereocenters. The molecular weight excluding hydrogens is 234 g/mol. The number of hydrogen-bond donors (Lipinski definition) is 1. The Labute approximate surface area is 117 Å². The molecule has 0 aromatic carbocycles. The van der Waals surface area contributed by atoms with Gasteiger partial charge in [0.05, 0.1) is 5.69 Å². The molecule has 3 nitrogen and oxygen atoms in total. The third kappa shape index (κ3) is 3.82. The van der Waals surface area contributed by atoms with Gasteiger partial charge < -0.3 is 5.32 Å². The number of hydrogen-bond acceptors (Lipinski definition) is 2. The van der Waals surface area contributed by atoms with Gasteiger partial charge >= 0.3 is 0 Å². The summed E-state index contributed by atoms with van der Waals surface area (Å²) < 4.78 is 2.12. The van der Waals surface area contributed by atoms with Crippen LogP contribution < -0.4 is 5.32 Å². The maximum absolute atomic E-state index is 4.73. The van der Waals surface area contributed by atoms with E-state index in [0.717, 1.165) is 24.7 Å². The van der Waals surface area contributed by atoms with E-state index in [9.17, 15) is 0 Å². The van der Waals surface area contributed by atoms with Gasteiger partial charge in [-0.05, 0) is 57.1 Å². The van der Waals surface area contributed by atoms with Crippen LogP contribution in [0.3, 0.4) is 0 Å². The molecular formula is C16H29N3. The van der Waals surface area contributed by atoms with E-state index in [4.69, 9.17) is 5.10 Å². The molecule has 0 bridgehead atoms. The Hall–Kier alpha value is -0.830. The van der Waals surface area contributed by atoms with E-state index in [1.54, 1.807) is 0 Å². The quantitative estimate of drug-likeness (QED) is 0.817. The molecule has 1 aliphatic carbocycles. The van der Waals surface area contributed by atoms with E-state index in [2.05, 4.69) is 50.0 Å². The molecule has 3 heteroatoms. The lowest BCUT2D eigenvalue weighted by Gasteiger charge is -2.37. The lowest BCUT2D eigenvalue weighted by molar-refractivity contribution is 0.166. The summed E-state index contributed by atoms with van der Waals surface area (Å²) in [6.07, 6.45) is 7.21. The first-order valence-electron chi connectivity index (χ1n) is 7.87. The van der Waals surface area contributed by atoms with Crippen LogP contribution in [0, 0.1) is 11.8 Å². The molecule has 1 fully saturated rings. The van der Waals surface area contributed by atoms with Crippen LogP contribution in [-0.4, -0.2) is 22.4 Å². The van der Waals surface area contributed by atoms with Crippen molar-refractivity contribution in [1.82, 2.24) is 15.1 Å². The summed E-state index contributed by atoms with van der Waals surface area (Å²) >= 11 is 0. The minimum atomic E-state index is 0.522. The Morgan fingerprint density at radius 3 is 2.63 bits per heavy atom. The van der Waals surface area contributed by atoms with E-state index in [1.165, 1.54) is 25.1 Å². The summed E-state index contributed by atoms with van der Waals surface area (Å²) in [4.78, 5) is 0. The van der Waals surface area contributed by atoms with Crippen molar-refractivity contribution in [3.05, 3.63) is 18.0 Å². The zero-order valence-electron chi connectivity index (χ0n) is 12.9. The molecule has 0 amide bonds. The van der Waals surface area contributed by atoms with Crippen LogP contribution in [0.4, 0.5) is 0 Å². The summed E-state index contributed by atoms with van der Waals surface area (Å²) in [7, 11) is 0. The maximum Gasteiger partial charge on any atom is 0.0627 e. The highest BCUT2D eigenvalue weighted by molar-refractivity contribution is 5.03. The monoisotopic (exact) mass is 263 g/mol. The Kier molecular flexibility index (Phi) is 5.03. The molecule has 2 rings (SSSR count). The molecule has 0 saturated heterocycles. The smallest absolute Gasteiger partial charge is 0.0627 e. The fourth-order valence-electron chi connectivity index (χ4n) is 2.75. The molecule has 1 aliphatic rings. The first kappa shape index (κ1) is 14.6. The number of aromatic nitrogens is 2. The fourth-order valence-corrected chi connectivity index (χ4v) is 2.75. The van der Waals surface area contributed by atoms with Gasteiger partial charge in [0.25, 0.3) is 0 Å². The van der Waals surface area contributed by atoms with Crippen LogP contribution in [0.1, 0.15) is 58.7 Å². The van der Waals surface area contributed by atoms with Crippen molar-refractivity contribution in [1.29, 1.82) is 0 Å². The minimum Gasteiger partial charge on any atom is -0.314 e. The number of nitrogens with one attached hydrogen (secondary N) is 1. The van der Waals surface area contributed by atoms with Crippen LogP contribution >= 0.6 is 0 Å². The molecule has 1 saturated carbocycles. The maximum atomic E-state index is 4.73. The average molecular weight is 263 g/mol. The van der Waals surface area contributed by atoms with Crippen molar-refractivity contribution in [3.63, 3.8) is 0 Å². The second-order valence-corrected chi connectivity index (χ2v) is 6.41. The van der Waals surface area contributed by atoms with Crippen LogP contribution in [0.25, 0.3) is 0 Å². The van der Waals surface area contributed by atoms with Crippen molar-refractivity contribution >= 4 is 0 Å². The third-order valence-electron chi connectivity index (χ3n) is 4.54. The Morgan fingerprint density at radius 1 is 1.32 bits per heavy atom. The number of nitrogens with zero attached hydrogens (tertiary/aromatic N) is 2. The lowest BCUT2D eigenvalue weighted by Crippen LogP contribution is -2.38. The zero-order valence-corrected chi connectivity index (χ0v) is 12.9. The Bertz CT molecular complexity index is 383. The van der Waals surface area contributed by atoms with Gasteiger partial charge in [-0.15, -0.1) is 0 Å². The first-order valence-corrected chi connectivity index (χ1v) is 7.87. The second kappa shape index (κ2) is 6.56. The molecule has 1 N–H and O–H groups in total. The molecule has 1 heterocycles. The highest BCUT2D eigenvalue weighted by Gasteiger charge is 2.31. The van der Waals surface area contributed by atoms with E-state index in [-0.39, 0.29) is 0 Å². The van der Waals surface area contributed by atoms with Crippen LogP contribution in [0.2, 0.25) is 0 Å². The van der Waals surface area contributed by atoms with Gasteiger partial charge in [0, 0.05) is 18.3 Å². The van der Waals surface area contributed by atoms with Gasteiger partial charge in [0.1, 0.15) is 0 Å². The number of rotatable bonds is 7. The molecule has 108 valence electrons. The highest BCUT2D eigenvalue weighted by atomic mass is 15.3. The van der Waals surface area contributed by atoms with Crippen molar-refractivity contribution in [2.75, 3.05) is 6.54 Å². The highest BCUT2D eigenvalue weighted by Crippen LogP contribution is 2.36. The molecule has 0 radical (unpaired) electrons. The average Bonchev–Trinajstić information content (AvgIpc) is 2.82. The predicted octanol–water partition coefficient (Wildman–Crippen LogP) is 3.42. The van der Waals surface area contributed by atoms with E-state index < -0.39 is 0 Å². The van der Waals surface area contributed by atoms with Crippen LogP contribution in [0.5, 0.6) is 0 Å². The summed E-state index contributed by atoms with van der Waals surface area (Å²) in [5, 5.41) is 8.30. The Balaban J connectivity index is 1.82. The second-order valence-electron chi connectivity index (χ2n) is 6.41. The van der Waals surface area contributed by atoms with Crippen molar-refractivity contribution < 1.29 is 0 Å². The third-order valence-corrected chi connectivity index (χ3v) is 4.54. The fraction of sp³-hybridized carbons (Fsp3) is 0.812. The lowest BCUT2D eigenvalue weighted by atomic mass is 9.71. The largest absolute Gasteiger partial charge is 0.314 e. The molecule has 19 heavy (non-hydrogen) atoms. The molecule has 1 aromatic rings. The SMILES string of the molecule is CCC(C)n1ccc(CC2CCC2CNC(C)C)n1. The van der Waals surface area contributed by atoms with Crippen LogP contribution in [0.15, 0.2) is 12.3 Å². The van der Waals surface area contributed by atoms with Gasteiger partial charge in [-0.1, -0.05) is 20.8 Å². The van der Waals surface area contributed by atoms with Gasteiger partial charge in [0.2, 0.25) is 0 Å². The van der Waals surface area contributed by atoms with Crippen LogP contribution in [-0.2, 0) is 6.42 Å². The van der Waals surface area contributed by atoms with Gasteiger partial charge in [0.15, 0.2) is 0 Å². The summed E-state index contributed by atoms with van der Waals surface area (Å²) in [5.74, 6) is 1.70. The van der Waals surface area contributed by atoms with E-state index in [0.29, 0.717) is 12.1 Å². The summed E-state index contributed by atoms with van der Waals surface area (Å²) in [6.45, 7) is 10.1. The van der Waals surface area contributed by atoms with Crippen molar-refractivity contribution in [3.8, 4) is 0 Å². The molecule has 0 spiro atoms. The predicted molar refractivity (Wildman–Crippen MR) is 80.3 cm³/mol. The van der Waals surface area contributed by atoms with Gasteiger partial charge in [-0.25, -0.2) is 0 Å². The first-order chi connectivity index (χ1) is 9.10. The Morgan fingerprint density at radius 2 is 2.05 bits per heavy atom. The molecule has 0 aliphatic heterocycles. The van der Waals surface area contributed by atoms with Crippen molar-refractivity contribution in [2.24, 2.45) is 11.8 Å². The topological polar surface area (TPSA) is 29.9 Å². The van der Waals surface area contributed by atoms with Crippen molar-refractivity contribution in [2.45, 2.75) is 65.5 Å². The molecule has 3 unspecified atom stereocenters. The zero-order chi connectivity index (χ0) is 13.8. The van der Waals surface area contributed by atoms with E-state index >= 15 is 0 Å². The van der Waals surface area contributed by atoms with Gasteiger partial charge in [-0.3, -0.25) is 4.68 Å². The summed E-state index contributed by atoms with van der Waals surface area (Å²) in [5.41, 5.74) is 1.28. The standard InChI is InChI=1S/C16H29N3/c1-5-13(4)19-9-8-16(18-19)10-14-6-7-15(14)11-17-12(2)3/h8-9,12-15,17H,5-7,10-11H2,1-4H3. The van der Waals surface area contributed by atoms with E-state index in [1.807, 2.05) is 0 Å². The summed E-state index contributed by atoms with van der Waals surface area (Å²) in [6, 6.07) is 3.33. The molecule has 1 aromatic heterocycles.